The summed E-state index contributed by atoms with van der Waals surface area (Å²) in [6.45, 7) is 1.13. The maximum Gasteiger partial charge on any atom is 0.239 e. The molecule has 0 unspecified atom stereocenters. The van der Waals surface area contributed by atoms with Crippen molar-refractivity contribution in [3.63, 3.8) is 0 Å². The van der Waals surface area contributed by atoms with Gasteiger partial charge in [0, 0.05) is 24.1 Å². The topological polar surface area (TPSA) is 93.4 Å². The Labute approximate surface area is 207 Å². The lowest BCUT2D eigenvalue weighted by atomic mass is 9.30. The number of nitrogens with zero attached hydrogens (tertiary/aromatic N) is 4. The van der Waals surface area contributed by atoms with Crippen LogP contribution in [0, 0.1) is 6.92 Å². The molecule has 16 radical (unpaired) electrons. The van der Waals surface area contributed by atoms with E-state index in [1.165, 1.54) is 6.20 Å². The minimum absolute atomic E-state index is 0.191. The number of aromatic nitrogens is 3. The van der Waals surface area contributed by atoms with Crippen LogP contribution < -0.4 is 5.32 Å². The van der Waals surface area contributed by atoms with Gasteiger partial charge in [0.2, 0.25) is 5.91 Å². The Hall–Kier alpha value is -2.32. The van der Waals surface area contributed by atoms with Crippen LogP contribution in [0.15, 0.2) is 35.1 Å². The predicted octanol–water partition coefficient (Wildman–Crippen LogP) is -2.17. The van der Waals surface area contributed by atoms with Crippen molar-refractivity contribution >= 4 is 85.4 Å². The number of anilines is 1. The highest BCUT2D eigenvalue weighted by Crippen LogP contribution is 2.39. The van der Waals surface area contributed by atoms with E-state index in [1.807, 2.05) is 6.07 Å². The molecule has 34 heavy (non-hydrogen) atoms. The second-order valence-corrected chi connectivity index (χ2v) is 8.20. The number of carbonyl (C=O) groups excluding carboxylic acids is 1. The van der Waals surface area contributed by atoms with Crippen LogP contribution in [-0.4, -0.2) is 117 Å². The number of amides is 1. The predicted molar refractivity (Wildman–Crippen MR) is 133 cm³/mol. The number of hydrogen-bond donors (Lipinski definition) is 1. The van der Waals surface area contributed by atoms with Gasteiger partial charge >= 0.3 is 0 Å². The quantitative estimate of drug-likeness (QED) is 0.470. The first-order valence-electron chi connectivity index (χ1n) is 9.91. The molecule has 150 valence electrons. The summed E-state index contributed by atoms with van der Waals surface area (Å²) in [4.78, 5) is 26.3. The van der Waals surface area contributed by atoms with Crippen molar-refractivity contribution < 1.29 is 13.9 Å². The van der Waals surface area contributed by atoms with Crippen LogP contribution in [-0.2, 0) is 9.53 Å². The third kappa shape index (κ3) is 4.15. The van der Waals surface area contributed by atoms with E-state index in [9.17, 15) is 4.79 Å². The molecular formula is C18H11B8N5O3. The first-order valence-corrected chi connectivity index (χ1v) is 9.91. The fourth-order valence-corrected chi connectivity index (χ4v) is 3.49. The molecule has 1 aliphatic rings. The van der Waals surface area contributed by atoms with Crippen LogP contribution in [0.1, 0.15) is 5.89 Å². The second-order valence-electron chi connectivity index (χ2n) is 8.20. The maximum absolute atomic E-state index is 12.8. The van der Waals surface area contributed by atoms with Crippen LogP contribution in [0.4, 0.5) is 5.82 Å². The number of pyridine rings is 2. The number of hydrogen-bond acceptors (Lipinski definition) is 7. The van der Waals surface area contributed by atoms with Crippen molar-refractivity contribution in [1.82, 2.24) is 19.9 Å². The van der Waals surface area contributed by atoms with Crippen molar-refractivity contribution in [2.24, 2.45) is 0 Å². The molecule has 1 amide bonds. The molecule has 0 aromatic carbocycles. The lowest BCUT2D eigenvalue weighted by Gasteiger charge is -2.70. The number of nitrogens with one attached hydrogen (secondary N) is 1. The van der Waals surface area contributed by atoms with Gasteiger partial charge < -0.3 is 19.4 Å². The molecule has 4 heterocycles. The highest BCUT2D eigenvalue weighted by Gasteiger charge is 2.57. The maximum atomic E-state index is 12.8. The SMILES string of the molecule is [B]C1([B])OC([B])([B])C([B])([B])N(CC(=O)Nc2cc3cc(-c4cnc(C)o4)cnc3cn2)C1([B])[B]. The molecule has 4 rings (SSSR count). The van der Waals surface area contributed by atoms with Crippen LogP contribution in [0.3, 0.4) is 0 Å². The molecule has 1 aliphatic heterocycles. The van der Waals surface area contributed by atoms with Gasteiger partial charge in [-0.3, -0.25) is 9.78 Å². The summed E-state index contributed by atoms with van der Waals surface area (Å²) in [6, 6.07) is 3.42. The molecule has 1 N–H and O–H groups in total. The fraction of sp³-hybridized carbons (Fsp3) is 0.333. The summed E-state index contributed by atoms with van der Waals surface area (Å²) < 4.78 is 10.7. The third-order valence-electron chi connectivity index (χ3n) is 5.53. The van der Waals surface area contributed by atoms with Gasteiger partial charge in [-0.05, 0) is 33.6 Å². The van der Waals surface area contributed by atoms with Crippen molar-refractivity contribution in [1.29, 1.82) is 0 Å². The second kappa shape index (κ2) is 8.12. The monoisotopic (exact) mass is 433 g/mol. The largest absolute Gasteiger partial charge is 0.441 e. The van der Waals surface area contributed by atoms with Crippen molar-refractivity contribution in [2.45, 2.75) is 28.4 Å². The molecule has 3 aromatic heterocycles. The number of ether oxygens (including phenoxy) is 1. The first kappa shape index (κ1) is 24.8. The average molecular weight is 432 g/mol. The van der Waals surface area contributed by atoms with Crippen LogP contribution in [0.5, 0.6) is 0 Å². The minimum Gasteiger partial charge on any atom is -0.441 e. The van der Waals surface area contributed by atoms with E-state index >= 15 is 0 Å². The molecule has 0 atom stereocenters. The Balaban J connectivity index is 1.58. The van der Waals surface area contributed by atoms with Gasteiger partial charge in [-0.15, -0.1) is 0 Å². The van der Waals surface area contributed by atoms with Gasteiger partial charge in [-0.2, -0.15) is 0 Å². The summed E-state index contributed by atoms with van der Waals surface area (Å²) in [7, 11) is 47.4. The van der Waals surface area contributed by atoms with E-state index in [1.54, 1.807) is 25.4 Å². The molecule has 1 saturated heterocycles. The third-order valence-corrected chi connectivity index (χ3v) is 5.53. The summed E-state index contributed by atoms with van der Waals surface area (Å²) >= 11 is 0. The molecule has 16 heteroatoms. The normalized spacial score (nSPS) is 20.6. The Morgan fingerprint density at radius 2 is 1.59 bits per heavy atom. The van der Waals surface area contributed by atoms with Gasteiger partial charge in [0.1, 0.15) is 5.82 Å². The zero-order valence-electron chi connectivity index (χ0n) is 18.2. The summed E-state index contributed by atoms with van der Waals surface area (Å²) in [5.74, 6) is 0.586. The summed E-state index contributed by atoms with van der Waals surface area (Å²) in [6.07, 6.45) is 4.70. The van der Waals surface area contributed by atoms with Crippen LogP contribution in [0.25, 0.3) is 22.2 Å². The lowest BCUT2D eigenvalue weighted by Crippen LogP contribution is -2.86. The number of carbonyl (C=O) groups is 1. The number of fused-ring (bicyclic) bond motifs is 1. The van der Waals surface area contributed by atoms with Gasteiger partial charge in [-0.1, -0.05) is 0 Å². The highest BCUT2D eigenvalue weighted by molar-refractivity contribution is 6.59. The Bertz CT molecular complexity index is 1240. The van der Waals surface area contributed by atoms with E-state index in [-0.39, 0.29) is 5.82 Å². The van der Waals surface area contributed by atoms with Crippen molar-refractivity contribution in [3.05, 3.63) is 36.6 Å². The Morgan fingerprint density at radius 1 is 0.941 bits per heavy atom. The molecule has 0 aliphatic carbocycles. The van der Waals surface area contributed by atoms with Crippen LogP contribution in [0.2, 0.25) is 0 Å². The number of aryl methyl sites for hydroxylation is 1. The van der Waals surface area contributed by atoms with E-state index < -0.39 is 33.9 Å². The Morgan fingerprint density at radius 3 is 2.18 bits per heavy atom. The molecule has 0 bridgehead atoms. The van der Waals surface area contributed by atoms with Gasteiger partial charge in [-0.25, -0.2) is 9.97 Å². The number of morpholine rings is 1. The standard InChI is InChI=1S/C18H11B8N5O3/c1-8-27-6-12(33-8)10-2-9-3-13(29-5-11(9)28-4-10)30-14(32)7-31-15(19,20)17(23,24)34-18(25,26)16(31,21)22/h2-6H,7H2,1H3,(H,29,30,32). The van der Waals surface area contributed by atoms with E-state index in [2.05, 4.69) is 20.3 Å². The zero-order chi connectivity index (χ0) is 25.1. The zero-order valence-corrected chi connectivity index (χ0v) is 18.2. The fourth-order valence-electron chi connectivity index (χ4n) is 3.49. The smallest absolute Gasteiger partial charge is 0.239 e. The Kier molecular flexibility index (Phi) is 5.92. The molecule has 0 spiro atoms. The first-order chi connectivity index (χ1) is 15.6. The van der Waals surface area contributed by atoms with Crippen molar-refractivity contribution in [3.8, 4) is 11.3 Å². The minimum atomic E-state index is -2.30. The number of rotatable bonds is 4. The van der Waals surface area contributed by atoms with Gasteiger partial charge in [0.25, 0.3) is 0 Å². The lowest BCUT2D eigenvalue weighted by molar-refractivity contribution is -0.131. The van der Waals surface area contributed by atoms with Crippen LogP contribution >= 0.6 is 0 Å². The van der Waals surface area contributed by atoms with Crippen molar-refractivity contribution in [2.75, 3.05) is 11.9 Å². The molecule has 1 fully saturated rings. The number of oxazole rings is 1. The molecule has 3 aromatic rings. The average Bonchev–Trinajstić information content (AvgIpc) is 3.16. The van der Waals surface area contributed by atoms with E-state index in [0.29, 0.717) is 28.1 Å². The molecule has 0 saturated carbocycles. The molecule has 8 nitrogen and oxygen atoms in total. The van der Waals surface area contributed by atoms with E-state index in [0.717, 1.165) is 4.90 Å². The summed E-state index contributed by atoms with van der Waals surface area (Å²) in [5, 5.41) is -5.81. The summed E-state index contributed by atoms with van der Waals surface area (Å²) in [5.41, 5.74) is 1.28. The molecular weight excluding hydrogens is 421 g/mol. The highest BCUT2D eigenvalue weighted by atomic mass is 16.5. The van der Waals surface area contributed by atoms with Gasteiger partial charge in [0.15, 0.2) is 11.7 Å². The van der Waals surface area contributed by atoms with Gasteiger partial charge in [0.05, 0.1) is 87.2 Å². The van der Waals surface area contributed by atoms with E-state index in [4.69, 9.17) is 71.9 Å².